The summed E-state index contributed by atoms with van der Waals surface area (Å²) in [6, 6.07) is 9.58. The first-order valence-electron chi connectivity index (χ1n) is 12.7. The van der Waals surface area contributed by atoms with Crippen LogP contribution in [0, 0.1) is 5.95 Å². The van der Waals surface area contributed by atoms with Crippen molar-refractivity contribution in [1.82, 2.24) is 29.9 Å². The second kappa shape index (κ2) is 11.4. The van der Waals surface area contributed by atoms with Gasteiger partial charge in [0, 0.05) is 42.3 Å². The Hall–Kier alpha value is -4.65. The first kappa shape index (κ1) is 26.0. The monoisotopic (exact) mass is 532 g/mol. The topological polar surface area (TPSA) is 164 Å². The van der Waals surface area contributed by atoms with E-state index in [0.29, 0.717) is 23.0 Å². The van der Waals surface area contributed by atoms with Crippen molar-refractivity contribution in [2.24, 2.45) is 5.73 Å². The first-order chi connectivity index (χ1) is 18.9. The molecule has 1 aliphatic carbocycles. The Morgan fingerprint density at radius 2 is 1.82 bits per heavy atom. The SMILES string of the molecule is C[C@@H](N)C(=O)NC1CCC(Nc2cc(Nc3ccccn3)c3ncc(C(=O)Nc4ccnc(F)c4)n3n2)CC1. The van der Waals surface area contributed by atoms with E-state index in [9.17, 15) is 14.0 Å². The number of nitrogens with one attached hydrogen (secondary N) is 4. The van der Waals surface area contributed by atoms with E-state index >= 15 is 0 Å². The van der Waals surface area contributed by atoms with E-state index in [0.717, 1.165) is 31.7 Å². The maximum Gasteiger partial charge on any atom is 0.276 e. The van der Waals surface area contributed by atoms with Crippen molar-refractivity contribution in [1.29, 1.82) is 0 Å². The quantitative estimate of drug-likeness (QED) is 0.215. The maximum atomic E-state index is 13.5. The zero-order valence-electron chi connectivity index (χ0n) is 21.3. The molecule has 6 N–H and O–H groups in total. The van der Waals surface area contributed by atoms with Crippen LogP contribution in [-0.4, -0.2) is 54.5 Å². The molecule has 5 rings (SSSR count). The Kier molecular flexibility index (Phi) is 7.59. The molecule has 4 aromatic heterocycles. The highest BCUT2D eigenvalue weighted by Gasteiger charge is 2.24. The van der Waals surface area contributed by atoms with Gasteiger partial charge in [0.2, 0.25) is 11.9 Å². The molecule has 0 saturated heterocycles. The third kappa shape index (κ3) is 6.26. The van der Waals surface area contributed by atoms with Gasteiger partial charge in [-0.1, -0.05) is 6.07 Å². The molecule has 1 saturated carbocycles. The highest BCUT2D eigenvalue weighted by molar-refractivity contribution is 6.03. The van der Waals surface area contributed by atoms with Gasteiger partial charge in [0.15, 0.2) is 11.3 Å². The molecule has 0 spiro atoms. The fraction of sp³-hybridized carbons (Fsp3) is 0.308. The number of amides is 2. The first-order valence-corrected chi connectivity index (χ1v) is 12.7. The molecule has 202 valence electrons. The van der Waals surface area contributed by atoms with Crippen LogP contribution in [0.15, 0.2) is 55.0 Å². The van der Waals surface area contributed by atoms with Crippen LogP contribution < -0.4 is 27.0 Å². The van der Waals surface area contributed by atoms with Crippen LogP contribution >= 0.6 is 0 Å². The number of rotatable bonds is 8. The normalized spacial score (nSPS) is 17.8. The average molecular weight is 533 g/mol. The van der Waals surface area contributed by atoms with Gasteiger partial charge in [0.05, 0.1) is 17.9 Å². The lowest BCUT2D eigenvalue weighted by Gasteiger charge is -2.30. The van der Waals surface area contributed by atoms with Crippen molar-refractivity contribution in [3.63, 3.8) is 0 Å². The lowest BCUT2D eigenvalue weighted by molar-refractivity contribution is -0.122. The van der Waals surface area contributed by atoms with Crippen molar-refractivity contribution in [3.8, 4) is 0 Å². The Bertz CT molecular complexity index is 1470. The number of hydrogen-bond donors (Lipinski definition) is 5. The molecular formula is C26H29FN10O2. The number of imidazole rings is 1. The number of halogens is 1. The molecule has 0 unspecified atom stereocenters. The number of carbonyl (C=O) groups excluding carboxylic acids is 2. The number of aromatic nitrogens is 5. The maximum absolute atomic E-state index is 13.5. The predicted octanol–water partition coefficient (Wildman–Crippen LogP) is 2.84. The molecule has 0 bridgehead atoms. The van der Waals surface area contributed by atoms with Crippen LogP contribution in [-0.2, 0) is 4.79 Å². The van der Waals surface area contributed by atoms with Crippen LogP contribution in [0.2, 0.25) is 0 Å². The summed E-state index contributed by atoms with van der Waals surface area (Å²) in [5.41, 5.74) is 7.11. The molecule has 12 nitrogen and oxygen atoms in total. The molecule has 4 heterocycles. The number of nitrogens with zero attached hydrogens (tertiary/aromatic N) is 5. The minimum Gasteiger partial charge on any atom is -0.366 e. The minimum atomic E-state index is -0.704. The van der Waals surface area contributed by atoms with Crippen molar-refractivity contribution in [2.45, 2.75) is 50.7 Å². The summed E-state index contributed by atoms with van der Waals surface area (Å²) in [7, 11) is 0. The van der Waals surface area contributed by atoms with Crippen LogP contribution in [0.1, 0.15) is 43.1 Å². The number of nitrogens with two attached hydrogens (primary N) is 1. The fourth-order valence-electron chi connectivity index (χ4n) is 4.46. The minimum absolute atomic E-state index is 0.0837. The van der Waals surface area contributed by atoms with Gasteiger partial charge in [0.25, 0.3) is 5.91 Å². The lowest BCUT2D eigenvalue weighted by Crippen LogP contribution is -2.46. The summed E-state index contributed by atoms with van der Waals surface area (Å²) < 4.78 is 15.0. The summed E-state index contributed by atoms with van der Waals surface area (Å²) in [6.45, 7) is 1.67. The highest BCUT2D eigenvalue weighted by atomic mass is 19.1. The standard InChI is InChI=1S/C26H29FN10O2/c1-15(28)25(38)33-17-7-5-16(6-8-17)32-23-13-19(35-22-4-2-3-10-30-22)24-31-14-20(37(24)36-23)26(39)34-18-9-11-29-21(27)12-18/h2-4,9-17H,5-8,28H2,1H3,(H,30,35)(H,32,36)(H,33,38)(H,29,34,39)/t15-,16?,17?/m1/s1. The van der Waals surface area contributed by atoms with E-state index in [-0.39, 0.29) is 29.4 Å². The van der Waals surface area contributed by atoms with Crippen molar-refractivity contribution in [2.75, 3.05) is 16.0 Å². The molecule has 0 aliphatic heterocycles. The molecule has 39 heavy (non-hydrogen) atoms. The molecule has 1 aliphatic rings. The summed E-state index contributed by atoms with van der Waals surface area (Å²) >= 11 is 0. The largest absolute Gasteiger partial charge is 0.366 e. The second-order valence-electron chi connectivity index (χ2n) is 9.47. The van der Waals surface area contributed by atoms with Crippen LogP contribution in [0.5, 0.6) is 0 Å². The number of carbonyl (C=O) groups is 2. The van der Waals surface area contributed by atoms with Crippen molar-refractivity contribution >= 4 is 40.5 Å². The fourth-order valence-corrected chi connectivity index (χ4v) is 4.46. The number of hydrogen-bond acceptors (Lipinski definition) is 9. The second-order valence-corrected chi connectivity index (χ2v) is 9.47. The summed E-state index contributed by atoms with van der Waals surface area (Å²) in [5.74, 6) is -0.227. The molecule has 13 heteroatoms. The highest BCUT2D eigenvalue weighted by Crippen LogP contribution is 2.27. The third-order valence-corrected chi connectivity index (χ3v) is 6.45. The van der Waals surface area contributed by atoms with Gasteiger partial charge in [-0.3, -0.25) is 9.59 Å². The molecule has 0 radical (unpaired) electrons. The predicted molar refractivity (Wildman–Crippen MR) is 144 cm³/mol. The van der Waals surface area contributed by atoms with E-state index in [4.69, 9.17) is 5.73 Å². The van der Waals surface area contributed by atoms with Crippen molar-refractivity contribution in [3.05, 3.63) is 66.6 Å². The number of pyridine rings is 2. The van der Waals surface area contributed by atoms with Gasteiger partial charge < -0.3 is 27.0 Å². The summed E-state index contributed by atoms with van der Waals surface area (Å²) in [4.78, 5) is 37.3. The van der Waals surface area contributed by atoms with Gasteiger partial charge in [-0.2, -0.15) is 4.39 Å². The van der Waals surface area contributed by atoms with Crippen LogP contribution in [0.25, 0.3) is 5.65 Å². The van der Waals surface area contributed by atoms with E-state index in [1.807, 2.05) is 24.3 Å². The Balaban J connectivity index is 1.39. The third-order valence-electron chi connectivity index (χ3n) is 6.45. The smallest absolute Gasteiger partial charge is 0.276 e. The zero-order chi connectivity index (χ0) is 27.4. The summed E-state index contributed by atoms with van der Waals surface area (Å²) in [6.07, 6.45) is 7.59. The molecule has 1 atom stereocenters. The lowest BCUT2D eigenvalue weighted by atomic mass is 9.91. The van der Waals surface area contributed by atoms with Crippen molar-refractivity contribution < 1.29 is 14.0 Å². The molecule has 0 aromatic carbocycles. The van der Waals surface area contributed by atoms with E-state index in [2.05, 4.69) is 41.3 Å². The van der Waals surface area contributed by atoms with Gasteiger partial charge in [-0.05, 0) is 50.8 Å². The van der Waals surface area contributed by atoms with Crippen LogP contribution in [0.4, 0.5) is 27.4 Å². The number of fused-ring (bicyclic) bond motifs is 1. The molecule has 2 amide bonds. The van der Waals surface area contributed by atoms with E-state index < -0.39 is 17.9 Å². The Morgan fingerprint density at radius 3 is 2.54 bits per heavy atom. The zero-order valence-corrected chi connectivity index (χ0v) is 21.3. The molecule has 4 aromatic rings. The van der Waals surface area contributed by atoms with Gasteiger partial charge >= 0.3 is 0 Å². The average Bonchev–Trinajstić information content (AvgIpc) is 3.35. The Morgan fingerprint density at radius 1 is 1.03 bits per heavy atom. The van der Waals surface area contributed by atoms with Gasteiger partial charge in [-0.25, -0.2) is 19.5 Å². The van der Waals surface area contributed by atoms with E-state index in [1.54, 1.807) is 13.1 Å². The summed E-state index contributed by atoms with van der Waals surface area (Å²) in [5, 5.41) is 17.0. The Labute approximate surface area is 223 Å². The number of anilines is 4. The molecular weight excluding hydrogens is 503 g/mol. The van der Waals surface area contributed by atoms with Crippen LogP contribution in [0.3, 0.4) is 0 Å². The van der Waals surface area contributed by atoms with E-state index in [1.165, 1.54) is 23.0 Å². The van der Waals surface area contributed by atoms with Gasteiger partial charge in [0.1, 0.15) is 11.6 Å². The molecule has 1 fully saturated rings. The van der Waals surface area contributed by atoms with Gasteiger partial charge in [-0.15, -0.1) is 5.10 Å².